The number of hydrogen-bond donors (Lipinski definition) is 4. The van der Waals surface area contributed by atoms with Gasteiger partial charge in [0, 0.05) is 11.5 Å². The van der Waals surface area contributed by atoms with Gasteiger partial charge in [0.25, 0.3) is 0 Å². The Balaban J connectivity index is 1.41. The first-order chi connectivity index (χ1) is 15.3. The van der Waals surface area contributed by atoms with Crippen molar-refractivity contribution in [1.29, 1.82) is 0 Å². The number of hydrogen-bond acceptors (Lipinski definition) is 11. The van der Waals surface area contributed by atoms with Crippen LogP contribution < -0.4 is 10.6 Å². The maximum Gasteiger partial charge on any atom is 0.248 e. The second kappa shape index (κ2) is 8.03. The third-order valence-corrected chi connectivity index (χ3v) is 5.88. The molecule has 4 atom stereocenters. The summed E-state index contributed by atoms with van der Waals surface area (Å²) in [6.45, 7) is 7.74. The number of nitrogens with one attached hydrogen (secondary N) is 2. The highest BCUT2D eigenvalue weighted by atomic mass is 16.6. The molecule has 12 nitrogen and oxygen atoms in total. The molecule has 32 heavy (non-hydrogen) atoms. The van der Waals surface area contributed by atoms with Gasteiger partial charge in [0.15, 0.2) is 29.3 Å². The van der Waals surface area contributed by atoms with Gasteiger partial charge in [0.2, 0.25) is 11.8 Å². The van der Waals surface area contributed by atoms with Gasteiger partial charge in [-0.05, 0) is 25.9 Å². The molecule has 3 aromatic heterocycles. The Kier molecular flexibility index (Phi) is 5.32. The molecule has 5 rings (SSSR count). The topological polar surface area (TPSA) is 156 Å². The summed E-state index contributed by atoms with van der Waals surface area (Å²) in [4.78, 5) is 13.2. The highest BCUT2D eigenvalue weighted by Gasteiger charge is 2.48. The number of rotatable bonds is 4. The van der Waals surface area contributed by atoms with Crippen LogP contribution in [-0.2, 0) is 10.2 Å². The van der Waals surface area contributed by atoms with Crippen molar-refractivity contribution in [2.45, 2.75) is 69.6 Å². The molecule has 2 aliphatic heterocycles. The lowest BCUT2D eigenvalue weighted by molar-refractivity contribution is -0.0441. The molecule has 0 aliphatic carbocycles. The molecule has 2 fully saturated rings. The van der Waals surface area contributed by atoms with Crippen LogP contribution in [0.5, 0.6) is 0 Å². The number of imidazole rings is 1. The highest BCUT2D eigenvalue weighted by Crippen LogP contribution is 2.40. The minimum absolute atomic E-state index is 0.122. The molecule has 0 unspecified atom stereocenters. The van der Waals surface area contributed by atoms with Crippen molar-refractivity contribution in [1.82, 2.24) is 35.0 Å². The molecule has 5 heterocycles. The van der Waals surface area contributed by atoms with E-state index in [4.69, 9.17) is 9.15 Å². The first-order valence-corrected chi connectivity index (χ1v) is 10.8. The van der Waals surface area contributed by atoms with Gasteiger partial charge in [-0.3, -0.25) is 4.57 Å². The van der Waals surface area contributed by atoms with Crippen LogP contribution in [0.3, 0.4) is 0 Å². The zero-order valence-electron chi connectivity index (χ0n) is 18.3. The van der Waals surface area contributed by atoms with Crippen molar-refractivity contribution < 1.29 is 19.4 Å². The Morgan fingerprint density at radius 3 is 2.59 bits per heavy atom. The van der Waals surface area contributed by atoms with Crippen molar-refractivity contribution in [3.8, 4) is 0 Å². The monoisotopic (exact) mass is 444 g/mol. The molecule has 3 aromatic rings. The van der Waals surface area contributed by atoms with Crippen LogP contribution in [-0.4, -0.2) is 71.3 Å². The van der Waals surface area contributed by atoms with Crippen LogP contribution in [0.1, 0.15) is 57.7 Å². The molecule has 172 valence electrons. The van der Waals surface area contributed by atoms with Crippen LogP contribution in [0.4, 0.5) is 5.82 Å². The lowest BCUT2D eigenvalue weighted by Gasteiger charge is -2.24. The molecular weight excluding hydrogens is 416 g/mol. The molecule has 4 N–H and O–H groups in total. The fourth-order valence-corrected chi connectivity index (χ4v) is 4.05. The van der Waals surface area contributed by atoms with E-state index in [1.807, 2.05) is 20.8 Å². The summed E-state index contributed by atoms with van der Waals surface area (Å²) in [6.07, 6.45) is 0.586. The van der Waals surface area contributed by atoms with E-state index in [0.29, 0.717) is 28.9 Å². The number of fused-ring (bicyclic) bond motifs is 1. The van der Waals surface area contributed by atoms with E-state index in [1.165, 1.54) is 12.7 Å². The second-order valence-corrected chi connectivity index (χ2v) is 9.34. The van der Waals surface area contributed by atoms with Gasteiger partial charge < -0.3 is 30.0 Å². The van der Waals surface area contributed by atoms with Crippen LogP contribution in [0.2, 0.25) is 0 Å². The summed E-state index contributed by atoms with van der Waals surface area (Å²) < 4.78 is 13.3. The number of aliphatic hydroxyl groups excluding tert-OH is 2. The van der Waals surface area contributed by atoms with Gasteiger partial charge in [-0.15, -0.1) is 10.2 Å². The molecule has 2 saturated heterocycles. The summed E-state index contributed by atoms with van der Waals surface area (Å²) in [5, 5.41) is 36.3. The maximum atomic E-state index is 10.7. The quantitative estimate of drug-likeness (QED) is 0.448. The van der Waals surface area contributed by atoms with Gasteiger partial charge in [-0.25, -0.2) is 15.0 Å². The zero-order chi connectivity index (χ0) is 22.5. The molecule has 0 spiro atoms. The van der Waals surface area contributed by atoms with Crippen molar-refractivity contribution in [2.24, 2.45) is 0 Å². The summed E-state index contributed by atoms with van der Waals surface area (Å²) in [5.41, 5.74) is 0.726. The lowest BCUT2D eigenvalue weighted by Crippen LogP contribution is -2.35. The molecule has 0 bridgehead atoms. The summed E-state index contributed by atoms with van der Waals surface area (Å²) in [5.74, 6) is 1.18. The van der Waals surface area contributed by atoms with E-state index in [2.05, 4.69) is 35.8 Å². The van der Waals surface area contributed by atoms with E-state index in [-0.39, 0.29) is 11.3 Å². The van der Waals surface area contributed by atoms with Crippen LogP contribution in [0.25, 0.3) is 11.2 Å². The predicted molar refractivity (Wildman–Crippen MR) is 113 cm³/mol. The minimum atomic E-state index is -1.25. The van der Waals surface area contributed by atoms with Gasteiger partial charge in [-0.1, -0.05) is 20.8 Å². The second-order valence-electron chi connectivity index (χ2n) is 9.34. The average molecular weight is 444 g/mol. The fraction of sp³-hybridized carbons (Fsp3) is 0.650. The van der Waals surface area contributed by atoms with Crippen molar-refractivity contribution in [3.63, 3.8) is 0 Å². The molecule has 0 radical (unpaired) electrons. The Labute approximate surface area is 184 Å². The van der Waals surface area contributed by atoms with Crippen LogP contribution in [0, 0.1) is 0 Å². The number of ether oxygens (including phenoxy) is 1. The number of anilines is 1. The average Bonchev–Trinajstić information content (AvgIpc) is 3.48. The van der Waals surface area contributed by atoms with E-state index < -0.39 is 24.5 Å². The van der Waals surface area contributed by atoms with E-state index in [0.717, 1.165) is 25.9 Å². The Morgan fingerprint density at radius 1 is 1.09 bits per heavy atom. The first kappa shape index (κ1) is 21.2. The van der Waals surface area contributed by atoms with Gasteiger partial charge in [-0.2, -0.15) is 0 Å². The van der Waals surface area contributed by atoms with Crippen LogP contribution in [0.15, 0.2) is 17.1 Å². The number of piperidine rings is 1. The summed E-state index contributed by atoms with van der Waals surface area (Å²) >= 11 is 0. The normalized spacial score (nSPS) is 27.3. The van der Waals surface area contributed by atoms with Gasteiger partial charge in [0.1, 0.15) is 18.5 Å². The van der Waals surface area contributed by atoms with E-state index >= 15 is 0 Å². The molecule has 2 aliphatic rings. The third-order valence-electron chi connectivity index (χ3n) is 5.88. The molecule has 0 saturated carbocycles. The van der Waals surface area contributed by atoms with E-state index in [9.17, 15) is 10.2 Å². The highest BCUT2D eigenvalue weighted by molar-refractivity contribution is 5.82. The van der Waals surface area contributed by atoms with Crippen molar-refractivity contribution in [3.05, 3.63) is 24.4 Å². The van der Waals surface area contributed by atoms with Crippen LogP contribution >= 0.6 is 0 Å². The fourth-order valence-electron chi connectivity index (χ4n) is 4.05. The summed E-state index contributed by atoms with van der Waals surface area (Å²) in [6, 6.07) is 0.300. The lowest BCUT2D eigenvalue weighted by atomic mass is 9.97. The number of aromatic nitrogens is 6. The standard InChI is InChI=1S/C20H28N8O4/c1-20(2,3)19-27-26-17(32-19)14-12(29)13(30)18(31-14)28-9-24-11-15(22-8-23-16(11)28)25-10-4-6-21-7-5-10/h8-10,12-14,18,21,29-30H,4-7H2,1-3H3,(H,22,23,25)/t12-,13+,14-,18+/m0/s1. The van der Waals surface area contributed by atoms with Gasteiger partial charge >= 0.3 is 0 Å². The number of nitrogens with zero attached hydrogens (tertiary/aromatic N) is 6. The first-order valence-electron chi connectivity index (χ1n) is 10.8. The molecule has 12 heteroatoms. The largest absolute Gasteiger partial charge is 0.422 e. The minimum Gasteiger partial charge on any atom is -0.422 e. The predicted octanol–water partition coefficient (Wildman–Crippen LogP) is 0.663. The molecular formula is C20H28N8O4. The Hall–Kier alpha value is -2.67. The Bertz CT molecular complexity index is 1090. The smallest absolute Gasteiger partial charge is 0.248 e. The molecule has 0 aromatic carbocycles. The maximum absolute atomic E-state index is 10.7. The van der Waals surface area contributed by atoms with Crippen molar-refractivity contribution in [2.75, 3.05) is 18.4 Å². The number of aliphatic hydroxyl groups is 2. The molecule has 0 amide bonds. The van der Waals surface area contributed by atoms with E-state index in [1.54, 1.807) is 4.57 Å². The van der Waals surface area contributed by atoms with Gasteiger partial charge in [0.05, 0.1) is 6.33 Å². The zero-order valence-corrected chi connectivity index (χ0v) is 18.3. The summed E-state index contributed by atoms with van der Waals surface area (Å²) in [7, 11) is 0. The van der Waals surface area contributed by atoms with Crippen molar-refractivity contribution >= 4 is 17.0 Å². The Morgan fingerprint density at radius 2 is 1.88 bits per heavy atom. The SMILES string of the molecule is CC(C)(C)c1nnc([C@H]2O[C@@H](n3cnc4c(NC5CCNCC5)ncnc43)[C@H](O)[C@@H]2O)o1. The third kappa shape index (κ3) is 3.72.